The lowest BCUT2D eigenvalue weighted by atomic mass is 10.2. The molecule has 0 saturated carbocycles. The Balaban J connectivity index is 2.67. The minimum absolute atomic E-state index is 0.181. The smallest absolute Gasteiger partial charge is 0.124 e. The number of halogens is 2. The Morgan fingerprint density at radius 1 is 1.50 bits per heavy atom. The van der Waals surface area contributed by atoms with Crippen LogP contribution in [0.25, 0.3) is 0 Å². The van der Waals surface area contributed by atoms with Crippen LogP contribution in [0.15, 0.2) is 18.2 Å². The van der Waals surface area contributed by atoms with Crippen LogP contribution < -0.4 is 5.73 Å². The Morgan fingerprint density at radius 2 is 2.21 bits per heavy atom. The van der Waals surface area contributed by atoms with E-state index in [2.05, 4.69) is 27.5 Å². The summed E-state index contributed by atoms with van der Waals surface area (Å²) < 4.78 is 13.8. The Bertz CT molecular complexity index is 304. The van der Waals surface area contributed by atoms with Crippen LogP contribution in [0.2, 0.25) is 0 Å². The van der Waals surface area contributed by atoms with Gasteiger partial charge in [-0.2, -0.15) is 0 Å². The van der Waals surface area contributed by atoms with Crippen molar-refractivity contribution >= 4 is 22.6 Å². The summed E-state index contributed by atoms with van der Waals surface area (Å²) in [4.78, 5) is 2.12. The fourth-order valence-electron chi connectivity index (χ4n) is 1.24. The Kier molecular flexibility index (Phi) is 4.77. The molecule has 2 nitrogen and oxygen atoms in total. The molecular weight excluding hydrogens is 294 g/mol. The predicted octanol–water partition coefficient (Wildman–Crippen LogP) is 1.82. The van der Waals surface area contributed by atoms with Gasteiger partial charge in [0, 0.05) is 23.2 Å². The maximum absolute atomic E-state index is 12.8. The third kappa shape index (κ3) is 3.51. The van der Waals surface area contributed by atoms with Crippen LogP contribution in [-0.4, -0.2) is 25.0 Å². The van der Waals surface area contributed by atoms with E-state index in [1.54, 1.807) is 6.07 Å². The normalized spacial score (nSPS) is 10.9. The van der Waals surface area contributed by atoms with Crippen molar-refractivity contribution in [2.45, 2.75) is 6.54 Å². The third-order valence-corrected chi connectivity index (χ3v) is 2.97. The molecular formula is C10H14FIN2. The van der Waals surface area contributed by atoms with Gasteiger partial charge in [0.25, 0.3) is 0 Å². The number of rotatable bonds is 4. The van der Waals surface area contributed by atoms with Gasteiger partial charge < -0.3 is 10.6 Å². The van der Waals surface area contributed by atoms with Crippen molar-refractivity contribution in [3.63, 3.8) is 0 Å². The minimum atomic E-state index is -0.181. The molecule has 78 valence electrons. The second-order valence-electron chi connectivity index (χ2n) is 3.26. The number of benzene rings is 1. The summed E-state index contributed by atoms with van der Waals surface area (Å²) in [6, 6.07) is 4.87. The van der Waals surface area contributed by atoms with E-state index < -0.39 is 0 Å². The summed E-state index contributed by atoms with van der Waals surface area (Å²) in [5.41, 5.74) is 6.58. The van der Waals surface area contributed by atoms with Crippen LogP contribution in [0.4, 0.5) is 4.39 Å². The van der Waals surface area contributed by atoms with E-state index in [1.807, 2.05) is 13.1 Å². The fraction of sp³-hybridized carbons (Fsp3) is 0.400. The lowest BCUT2D eigenvalue weighted by Crippen LogP contribution is -2.25. The number of nitrogens with zero attached hydrogens (tertiary/aromatic N) is 1. The molecule has 0 amide bonds. The second-order valence-corrected chi connectivity index (χ2v) is 4.42. The first-order chi connectivity index (χ1) is 6.63. The Morgan fingerprint density at radius 3 is 2.79 bits per heavy atom. The van der Waals surface area contributed by atoms with E-state index in [0.717, 1.165) is 22.2 Å². The summed E-state index contributed by atoms with van der Waals surface area (Å²) in [5, 5.41) is 0. The first kappa shape index (κ1) is 11.9. The lowest BCUT2D eigenvalue weighted by molar-refractivity contribution is 0.335. The maximum Gasteiger partial charge on any atom is 0.124 e. The van der Waals surface area contributed by atoms with Gasteiger partial charge in [-0.3, -0.25) is 0 Å². The summed E-state index contributed by atoms with van der Waals surface area (Å²) in [5.74, 6) is -0.181. The molecule has 0 aromatic heterocycles. The zero-order chi connectivity index (χ0) is 10.6. The maximum atomic E-state index is 12.8. The van der Waals surface area contributed by atoms with Gasteiger partial charge in [-0.1, -0.05) is 6.07 Å². The molecule has 0 aliphatic heterocycles. The van der Waals surface area contributed by atoms with Crippen LogP contribution in [0.5, 0.6) is 0 Å². The van der Waals surface area contributed by atoms with Gasteiger partial charge in [0.05, 0.1) is 0 Å². The van der Waals surface area contributed by atoms with Crippen LogP contribution in [-0.2, 0) is 6.54 Å². The first-order valence-electron chi connectivity index (χ1n) is 4.46. The van der Waals surface area contributed by atoms with E-state index >= 15 is 0 Å². The minimum Gasteiger partial charge on any atom is -0.329 e. The van der Waals surface area contributed by atoms with E-state index in [9.17, 15) is 4.39 Å². The first-order valence-corrected chi connectivity index (χ1v) is 5.54. The molecule has 0 bridgehead atoms. The molecule has 0 saturated heterocycles. The zero-order valence-corrected chi connectivity index (χ0v) is 10.3. The van der Waals surface area contributed by atoms with Crippen LogP contribution >= 0.6 is 22.6 Å². The van der Waals surface area contributed by atoms with Crippen molar-refractivity contribution in [2.75, 3.05) is 20.1 Å². The number of nitrogens with two attached hydrogens (primary N) is 1. The van der Waals surface area contributed by atoms with E-state index in [0.29, 0.717) is 6.54 Å². The number of hydrogen-bond acceptors (Lipinski definition) is 2. The predicted molar refractivity (Wildman–Crippen MR) is 64.5 cm³/mol. The molecule has 1 aromatic carbocycles. The SMILES string of the molecule is CN(CCN)Cc1ccc(F)cc1I. The average Bonchev–Trinajstić information content (AvgIpc) is 2.10. The highest BCUT2D eigenvalue weighted by Crippen LogP contribution is 2.15. The molecule has 2 N–H and O–H groups in total. The van der Waals surface area contributed by atoms with Gasteiger partial charge in [0.1, 0.15) is 5.82 Å². The quantitative estimate of drug-likeness (QED) is 0.860. The summed E-state index contributed by atoms with van der Waals surface area (Å²) in [7, 11) is 2.01. The van der Waals surface area contributed by atoms with Gasteiger partial charge >= 0.3 is 0 Å². The fourth-order valence-corrected chi connectivity index (χ4v) is 1.89. The molecule has 4 heteroatoms. The van der Waals surface area contributed by atoms with Crippen LogP contribution in [0, 0.1) is 9.39 Å². The molecule has 0 heterocycles. The molecule has 0 radical (unpaired) electrons. The topological polar surface area (TPSA) is 29.3 Å². The highest BCUT2D eigenvalue weighted by Gasteiger charge is 2.04. The van der Waals surface area contributed by atoms with E-state index in [4.69, 9.17) is 5.73 Å². The average molecular weight is 308 g/mol. The number of likely N-dealkylation sites (N-methyl/N-ethyl adjacent to an activating group) is 1. The van der Waals surface area contributed by atoms with Gasteiger partial charge in [-0.25, -0.2) is 4.39 Å². The van der Waals surface area contributed by atoms with Crippen LogP contribution in [0.1, 0.15) is 5.56 Å². The monoisotopic (exact) mass is 308 g/mol. The standard InChI is InChI=1S/C10H14FIN2/c1-14(5-4-13)7-8-2-3-9(11)6-10(8)12/h2-3,6H,4-5,7,13H2,1H3. The Hall–Kier alpha value is -0.200. The van der Waals surface area contributed by atoms with Crippen molar-refractivity contribution in [2.24, 2.45) is 5.73 Å². The highest BCUT2D eigenvalue weighted by atomic mass is 127. The third-order valence-electron chi connectivity index (χ3n) is 1.97. The van der Waals surface area contributed by atoms with E-state index in [-0.39, 0.29) is 5.82 Å². The van der Waals surface area contributed by atoms with Crippen molar-refractivity contribution in [3.05, 3.63) is 33.1 Å². The second kappa shape index (κ2) is 5.63. The molecule has 0 unspecified atom stereocenters. The molecule has 1 rings (SSSR count). The summed E-state index contributed by atoms with van der Waals surface area (Å²) in [6.45, 7) is 2.32. The molecule has 14 heavy (non-hydrogen) atoms. The molecule has 0 atom stereocenters. The molecule has 0 aliphatic rings. The van der Waals surface area contributed by atoms with Crippen molar-refractivity contribution < 1.29 is 4.39 Å². The van der Waals surface area contributed by atoms with Crippen molar-refractivity contribution in [3.8, 4) is 0 Å². The van der Waals surface area contributed by atoms with E-state index in [1.165, 1.54) is 6.07 Å². The number of hydrogen-bond donors (Lipinski definition) is 1. The van der Waals surface area contributed by atoms with Crippen LogP contribution in [0.3, 0.4) is 0 Å². The van der Waals surface area contributed by atoms with Crippen molar-refractivity contribution in [1.29, 1.82) is 0 Å². The largest absolute Gasteiger partial charge is 0.329 e. The lowest BCUT2D eigenvalue weighted by Gasteiger charge is -2.16. The van der Waals surface area contributed by atoms with Crippen molar-refractivity contribution in [1.82, 2.24) is 4.90 Å². The highest BCUT2D eigenvalue weighted by molar-refractivity contribution is 14.1. The molecule has 0 fully saturated rings. The van der Waals surface area contributed by atoms with Gasteiger partial charge in [0.15, 0.2) is 0 Å². The Labute approximate surface area is 97.4 Å². The van der Waals surface area contributed by atoms with Gasteiger partial charge in [-0.15, -0.1) is 0 Å². The molecule has 0 aliphatic carbocycles. The zero-order valence-electron chi connectivity index (χ0n) is 8.13. The molecule has 1 aromatic rings. The van der Waals surface area contributed by atoms with Gasteiger partial charge in [-0.05, 0) is 47.3 Å². The summed E-state index contributed by atoms with van der Waals surface area (Å²) in [6.07, 6.45) is 0. The summed E-state index contributed by atoms with van der Waals surface area (Å²) >= 11 is 2.15. The van der Waals surface area contributed by atoms with Gasteiger partial charge in [0.2, 0.25) is 0 Å². The molecule has 0 spiro atoms.